The molecular weight excluding hydrogens is 264 g/mol. The first-order valence-corrected chi connectivity index (χ1v) is 6.80. The van der Waals surface area contributed by atoms with Gasteiger partial charge in [-0.2, -0.15) is 0 Å². The van der Waals surface area contributed by atoms with Gasteiger partial charge in [-0.05, 0) is 12.3 Å². The van der Waals surface area contributed by atoms with Crippen molar-refractivity contribution in [2.24, 2.45) is 11.7 Å². The maximum atomic E-state index is 11.3. The third kappa shape index (κ3) is 14.9. The number of carbonyl (C=O) groups excluding carboxylic acids is 2. The lowest BCUT2D eigenvalue weighted by Crippen LogP contribution is -2.31. The van der Waals surface area contributed by atoms with Crippen LogP contribution in [0, 0.1) is 5.92 Å². The van der Waals surface area contributed by atoms with Crippen LogP contribution in [0.25, 0.3) is 0 Å². The molecule has 0 aromatic heterocycles. The highest BCUT2D eigenvalue weighted by Crippen LogP contribution is 1.98. The highest BCUT2D eigenvalue weighted by molar-refractivity contribution is 5.77. The zero-order valence-electron chi connectivity index (χ0n) is 12.4. The molecule has 0 aliphatic rings. The fraction of sp³-hybridized carbons (Fsp3) is 0.846. The van der Waals surface area contributed by atoms with Gasteiger partial charge in [-0.15, -0.1) is 0 Å². The van der Waals surface area contributed by atoms with E-state index in [4.69, 9.17) is 19.9 Å². The second-order valence-corrected chi connectivity index (χ2v) is 4.72. The van der Waals surface area contributed by atoms with Crippen molar-refractivity contribution in [3.63, 3.8) is 0 Å². The third-order valence-corrected chi connectivity index (χ3v) is 2.26. The quantitative estimate of drug-likeness (QED) is 0.453. The predicted octanol–water partition coefficient (Wildman–Crippen LogP) is -0.316. The average Bonchev–Trinajstić information content (AvgIpc) is 2.37. The van der Waals surface area contributed by atoms with Crippen LogP contribution in [0.1, 0.15) is 20.3 Å². The van der Waals surface area contributed by atoms with Crippen LogP contribution in [0.15, 0.2) is 0 Å². The molecule has 0 fully saturated rings. The number of amides is 2. The number of rotatable bonds is 13. The topological polar surface area (TPSA) is 99.9 Å². The molecule has 7 heteroatoms. The number of carbonyl (C=O) groups is 2. The van der Waals surface area contributed by atoms with Gasteiger partial charge in [0, 0.05) is 13.2 Å². The molecule has 0 saturated heterocycles. The van der Waals surface area contributed by atoms with E-state index in [0.29, 0.717) is 38.9 Å². The fourth-order valence-corrected chi connectivity index (χ4v) is 1.19. The van der Waals surface area contributed by atoms with Crippen molar-refractivity contribution in [1.29, 1.82) is 0 Å². The number of hydrogen-bond donors (Lipinski definition) is 2. The van der Waals surface area contributed by atoms with Crippen LogP contribution in [-0.4, -0.2) is 58.0 Å². The smallest absolute Gasteiger partial charge is 0.246 e. The predicted molar refractivity (Wildman–Crippen MR) is 74.1 cm³/mol. The summed E-state index contributed by atoms with van der Waals surface area (Å²) >= 11 is 0. The van der Waals surface area contributed by atoms with E-state index in [1.165, 1.54) is 0 Å². The first kappa shape index (κ1) is 18.8. The van der Waals surface area contributed by atoms with Gasteiger partial charge in [0.1, 0.15) is 13.2 Å². The zero-order chi connectivity index (χ0) is 15.2. The van der Waals surface area contributed by atoms with E-state index in [0.717, 1.165) is 6.42 Å². The molecule has 118 valence electrons. The second kappa shape index (κ2) is 12.8. The highest BCUT2D eigenvalue weighted by atomic mass is 16.5. The molecule has 0 aliphatic carbocycles. The van der Waals surface area contributed by atoms with Crippen LogP contribution in [0.5, 0.6) is 0 Å². The van der Waals surface area contributed by atoms with Gasteiger partial charge in [0.15, 0.2) is 0 Å². The monoisotopic (exact) mass is 290 g/mol. The van der Waals surface area contributed by atoms with E-state index in [2.05, 4.69) is 19.2 Å². The largest absolute Gasteiger partial charge is 0.377 e. The Balaban J connectivity index is 3.21. The summed E-state index contributed by atoms with van der Waals surface area (Å²) in [5, 5.41) is 2.68. The first-order chi connectivity index (χ1) is 9.52. The molecule has 0 aromatic carbocycles. The van der Waals surface area contributed by atoms with E-state index in [9.17, 15) is 9.59 Å². The number of nitrogens with two attached hydrogens (primary N) is 1. The molecular formula is C13H26N2O5. The van der Waals surface area contributed by atoms with E-state index in [1.54, 1.807) is 0 Å². The summed E-state index contributed by atoms with van der Waals surface area (Å²) in [5.41, 5.74) is 4.89. The Kier molecular flexibility index (Phi) is 12.1. The zero-order valence-corrected chi connectivity index (χ0v) is 12.4. The van der Waals surface area contributed by atoms with E-state index in [-0.39, 0.29) is 19.1 Å². The summed E-state index contributed by atoms with van der Waals surface area (Å²) in [6.45, 7) is 6.24. The summed E-state index contributed by atoms with van der Waals surface area (Å²) in [6.07, 6.45) is 0.946. The van der Waals surface area contributed by atoms with Crippen LogP contribution < -0.4 is 11.1 Å². The minimum absolute atomic E-state index is 0.0778. The summed E-state index contributed by atoms with van der Waals surface area (Å²) in [6, 6.07) is 0. The maximum Gasteiger partial charge on any atom is 0.246 e. The van der Waals surface area contributed by atoms with Gasteiger partial charge in [0.25, 0.3) is 0 Å². The Morgan fingerprint density at radius 2 is 1.65 bits per heavy atom. The Morgan fingerprint density at radius 3 is 2.30 bits per heavy atom. The van der Waals surface area contributed by atoms with Crippen LogP contribution >= 0.6 is 0 Å². The SMILES string of the molecule is CC(C)CCOCC(=O)NCCOCCOCC(N)=O. The molecule has 0 saturated carbocycles. The molecule has 0 unspecified atom stereocenters. The fourth-order valence-electron chi connectivity index (χ4n) is 1.19. The van der Waals surface area contributed by atoms with Crippen molar-refractivity contribution in [3.8, 4) is 0 Å². The van der Waals surface area contributed by atoms with Gasteiger partial charge >= 0.3 is 0 Å². The molecule has 0 aliphatic heterocycles. The van der Waals surface area contributed by atoms with E-state index in [1.807, 2.05) is 0 Å². The lowest BCUT2D eigenvalue weighted by molar-refractivity contribution is -0.126. The van der Waals surface area contributed by atoms with Crippen molar-refractivity contribution in [3.05, 3.63) is 0 Å². The summed E-state index contributed by atoms with van der Waals surface area (Å²) < 4.78 is 15.3. The van der Waals surface area contributed by atoms with Crippen LogP contribution in [0.2, 0.25) is 0 Å². The molecule has 0 aromatic rings. The lowest BCUT2D eigenvalue weighted by Gasteiger charge is -2.08. The first-order valence-electron chi connectivity index (χ1n) is 6.80. The number of nitrogens with one attached hydrogen (secondary N) is 1. The Morgan fingerprint density at radius 1 is 1.00 bits per heavy atom. The molecule has 2 amide bonds. The van der Waals surface area contributed by atoms with Crippen molar-refractivity contribution < 1.29 is 23.8 Å². The van der Waals surface area contributed by atoms with Crippen LogP contribution in [0.3, 0.4) is 0 Å². The maximum absolute atomic E-state index is 11.3. The lowest BCUT2D eigenvalue weighted by atomic mass is 10.1. The minimum Gasteiger partial charge on any atom is -0.377 e. The Labute approximate surface area is 120 Å². The Bertz CT molecular complexity index is 271. The molecule has 0 spiro atoms. The van der Waals surface area contributed by atoms with E-state index < -0.39 is 5.91 Å². The van der Waals surface area contributed by atoms with Gasteiger partial charge in [-0.25, -0.2) is 0 Å². The summed E-state index contributed by atoms with van der Waals surface area (Å²) in [7, 11) is 0. The van der Waals surface area contributed by atoms with Crippen molar-refractivity contribution >= 4 is 11.8 Å². The molecule has 0 rings (SSSR count). The second-order valence-electron chi connectivity index (χ2n) is 4.72. The Hall–Kier alpha value is -1.18. The number of ether oxygens (including phenoxy) is 3. The van der Waals surface area contributed by atoms with Gasteiger partial charge in [0.2, 0.25) is 11.8 Å². The van der Waals surface area contributed by atoms with Crippen molar-refractivity contribution in [2.45, 2.75) is 20.3 Å². The standard InChI is InChI=1S/C13H26N2O5/c1-11(2)3-5-19-10-13(17)15-4-6-18-7-8-20-9-12(14)16/h11H,3-10H2,1-2H3,(H2,14,16)(H,15,17). The van der Waals surface area contributed by atoms with Gasteiger partial charge in [-0.1, -0.05) is 13.8 Å². The summed E-state index contributed by atoms with van der Waals surface area (Å²) in [4.78, 5) is 21.7. The van der Waals surface area contributed by atoms with Crippen molar-refractivity contribution in [2.75, 3.05) is 46.2 Å². The van der Waals surface area contributed by atoms with Crippen molar-refractivity contribution in [1.82, 2.24) is 5.32 Å². The number of hydrogen-bond acceptors (Lipinski definition) is 5. The normalized spacial score (nSPS) is 10.8. The number of primary amides is 1. The molecule has 0 atom stereocenters. The molecule has 0 bridgehead atoms. The minimum atomic E-state index is -0.505. The van der Waals surface area contributed by atoms with Gasteiger partial charge < -0.3 is 25.3 Å². The summed E-state index contributed by atoms with van der Waals surface area (Å²) in [5.74, 6) is -0.0830. The molecule has 0 heterocycles. The van der Waals surface area contributed by atoms with E-state index >= 15 is 0 Å². The molecule has 3 N–H and O–H groups in total. The average molecular weight is 290 g/mol. The molecule has 0 radical (unpaired) electrons. The van der Waals surface area contributed by atoms with Gasteiger partial charge in [0.05, 0.1) is 19.8 Å². The van der Waals surface area contributed by atoms with Crippen LogP contribution in [-0.2, 0) is 23.8 Å². The highest BCUT2D eigenvalue weighted by Gasteiger charge is 2.01. The van der Waals surface area contributed by atoms with Crippen LogP contribution in [0.4, 0.5) is 0 Å². The molecule has 20 heavy (non-hydrogen) atoms. The molecule has 7 nitrogen and oxygen atoms in total. The third-order valence-electron chi connectivity index (χ3n) is 2.26. The van der Waals surface area contributed by atoms with Gasteiger partial charge in [-0.3, -0.25) is 9.59 Å².